The van der Waals surface area contributed by atoms with Crippen molar-refractivity contribution < 1.29 is 14.4 Å². The van der Waals surface area contributed by atoms with E-state index in [9.17, 15) is 14.4 Å². The number of thiazole rings is 1. The SMILES string of the molecule is CC[C@]1(c2ccccc2)NC(=O)N(CC(=O)Nc2nc(-c3ccc(C)c(C)c3)cs2)C1=O. The predicted molar refractivity (Wildman–Crippen MR) is 124 cm³/mol. The van der Waals surface area contributed by atoms with Crippen LogP contribution in [0.25, 0.3) is 11.3 Å². The summed E-state index contributed by atoms with van der Waals surface area (Å²) in [5.41, 5.74) is 3.63. The van der Waals surface area contributed by atoms with Gasteiger partial charge in [-0.3, -0.25) is 14.5 Å². The number of nitrogens with zero attached hydrogens (tertiary/aromatic N) is 2. The van der Waals surface area contributed by atoms with Crippen molar-refractivity contribution in [3.63, 3.8) is 0 Å². The molecule has 8 heteroatoms. The van der Waals surface area contributed by atoms with E-state index in [2.05, 4.69) is 21.7 Å². The zero-order chi connectivity index (χ0) is 22.9. The van der Waals surface area contributed by atoms with Gasteiger partial charge in [0, 0.05) is 10.9 Å². The van der Waals surface area contributed by atoms with Gasteiger partial charge >= 0.3 is 6.03 Å². The monoisotopic (exact) mass is 448 g/mol. The Morgan fingerprint density at radius 3 is 2.56 bits per heavy atom. The largest absolute Gasteiger partial charge is 0.325 e. The number of imide groups is 1. The molecule has 0 unspecified atom stereocenters. The van der Waals surface area contributed by atoms with Gasteiger partial charge < -0.3 is 10.6 Å². The Morgan fingerprint density at radius 1 is 1.12 bits per heavy atom. The third-order valence-electron chi connectivity index (χ3n) is 5.83. The Balaban J connectivity index is 1.46. The number of anilines is 1. The molecule has 1 atom stereocenters. The number of urea groups is 1. The number of hydrogen-bond acceptors (Lipinski definition) is 5. The maximum absolute atomic E-state index is 13.2. The molecule has 32 heavy (non-hydrogen) atoms. The molecule has 7 nitrogen and oxygen atoms in total. The summed E-state index contributed by atoms with van der Waals surface area (Å²) < 4.78 is 0. The van der Waals surface area contributed by atoms with Gasteiger partial charge in [0.25, 0.3) is 5.91 Å². The minimum absolute atomic E-state index is 0.377. The summed E-state index contributed by atoms with van der Waals surface area (Å²) in [5.74, 6) is -0.907. The number of carbonyl (C=O) groups excluding carboxylic acids is 3. The van der Waals surface area contributed by atoms with Gasteiger partial charge in [-0.15, -0.1) is 11.3 Å². The Labute approximate surface area is 190 Å². The van der Waals surface area contributed by atoms with Crippen LogP contribution in [-0.2, 0) is 15.1 Å². The number of rotatable bonds is 6. The normalized spacial score (nSPS) is 18.0. The Kier molecular flexibility index (Phi) is 5.80. The lowest BCUT2D eigenvalue weighted by atomic mass is 9.87. The average molecular weight is 449 g/mol. The minimum Gasteiger partial charge on any atom is -0.319 e. The molecule has 1 aliphatic heterocycles. The summed E-state index contributed by atoms with van der Waals surface area (Å²) in [6.07, 6.45) is 0.380. The highest BCUT2D eigenvalue weighted by molar-refractivity contribution is 7.14. The van der Waals surface area contributed by atoms with Crippen molar-refractivity contribution in [3.05, 3.63) is 70.6 Å². The molecule has 0 aliphatic carbocycles. The van der Waals surface area contributed by atoms with Gasteiger partial charge in [0.1, 0.15) is 12.1 Å². The molecule has 1 aromatic heterocycles. The van der Waals surface area contributed by atoms with Crippen molar-refractivity contribution in [3.8, 4) is 11.3 Å². The maximum atomic E-state index is 13.2. The standard InChI is InChI=1S/C24H24N4O3S/c1-4-24(18-8-6-5-7-9-18)21(30)28(23(31)27-24)13-20(29)26-22-25-19(14-32-22)17-11-10-15(2)16(3)12-17/h5-12,14H,4,13H2,1-3H3,(H,27,31)(H,25,26,29)/t24-/m1/s1. The van der Waals surface area contributed by atoms with Gasteiger partial charge in [-0.05, 0) is 43.0 Å². The highest BCUT2D eigenvalue weighted by Crippen LogP contribution is 2.32. The molecule has 4 amide bonds. The summed E-state index contributed by atoms with van der Waals surface area (Å²) in [6, 6.07) is 14.6. The molecule has 1 saturated heterocycles. The fraction of sp³-hybridized carbons (Fsp3) is 0.250. The van der Waals surface area contributed by atoms with Crippen molar-refractivity contribution in [1.29, 1.82) is 0 Å². The van der Waals surface area contributed by atoms with Gasteiger partial charge in [0.15, 0.2) is 5.13 Å². The van der Waals surface area contributed by atoms with Crippen molar-refractivity contribution in [2.75, 3.05) is 11.9 Å². The number of amides is 4. The lowest BCUT2D eigenvalue weighted by Crippen LogP contribution is -2.44. The van der Waals surface area contributed by atoms with Gasteiger partial charge in [0.2, 0.25) is 5.91 Å². The molecule has 3 aromatic rings. The van der Waals surface area contributed by atoms with Crippen LogP contribution in [0.3, 0.4) is 0 Å². The molecule has 0 spiro atoms. The van der Waals surface area contributed by atoms with Crippen molar-refractivity contribution in [2.45, 2.75) is 32.7 Å². The quantitative estimate of drug-likeness (QED) is 0.552. The van der Waals surface area contributed by atoms with Crippen LogP contribution in [-0.4, -0.2) is 34.3 Å². The second-order valence-corrected chi connectivity index (χ2v) is 8.69. The van der Waals surface area contributed by atoms with Crippen molar-refractivity contribution in [1.82, 2.24) is 15.2 Å². The first-order chi connectivity index (χ1) is 15.3. The topological polar surface area (TPSA) is 91.4 Å². The fourth-order valence-corrected chi connectivity index (χ4v) is 4.53. The third-order valence-corrected chi connectivity index (χ3v) is 6.59. The van der Waals surface area contributed by atoms with Crippen LogP contribution >= 0.6 is 11.3 Å². The van der Waals surface area contributed by atoms with Crippen LogP contribution < -0.4 is 10.6 Å². The summed E-state index contributed by atoms with van der Waals surface area (Å²) in [5, 5.41) is 7.77. The van der Waals surface area contributed by atoms with E-state index in [0.717, 1.165) is 21.7 Å². The van der Waals surface area contributed by atoms with E-state index in [-0.39, 0.29) is 6.54 Å². The van der Waals surface area contributed by atoms with E-state index < -0.39 is 23.4 Å². The van der Waals surface area contributed by atoms with E-state index in [4.69, 9.17) is 0 Å². The second-order valence-electron chi connectivity index (χ2n) is 7.83. The van der Waals surface area contributed by atoms with Crippen molar-refractivity contribution in [2.24, 2.45) is 0 Å². The summed E-state index contributed by atoms with van der Waals surface area (Å²) >= 11 is 1.30. The molecule has 2 heterocycles. The number of benzene rings is 2. The Bertz CT molecular complexity index is 1190. The number of nitrogens with one attached hydrogen (secondary N) is 2. The maximum Gasteiger partial charge on any atom is 0.325 e. The molecule has 4 rings (SSSR count). The van der Waals surface area contributed by atoms with Gasteiger partial charge in [0.05, 0.1) is 5.69 Å². The van der Waals surface area contributed by atoms with E-state index >= 15 is 0 Å². The van der Waals surface area contributed by atoms with Gasteiger partial charge in [-0.2, -0.15) is 0 Å². The number of hydrogen-bond donors (Lipinski definition) is 2. The van der Waals surface area contributed by atoms with Crippen LogP contribution in [0.15, 0.2) is 53.9 Å². The van der Waals surface area contributed by atoms with Crippen LogP contribution in [0.4, 0.5) is 9.93 Å². The minimum atomic E-state index is -1.16. The van der Waals surface area contributed by atoms with Crippen LogP contribution in [0.5, 0.6) is 0 Å². The zero-order valence-electron chi connectivity index (χ0n) is 18.1. The third kappa shape index (κ3) is 3.89. The number of carbonyl (C=O) groups is 3. The Morgan fingerprint density at radius 2 is 1.88 bits per heavy atom. The smallest absolute Gasteiger partial charge is 0.319 e. The first-order valence-electron chi connectivity index (χ1n) is 10.4. The molecule has 0 bridgehead atoms. The van der Waals surface area contributed by atoms with Gasteiger partial charge in [-0.1, -0.05) is 49.4 Å². The molecule has 0 saturated carbocycles. The molecular formula is C24H24N4O3S. The van der Waals surface area contributed by atoms with E-state index in [1.807, 2.05) is 56.5 Å². The van der Waals surface area contributed by atoms with E-state index in [0.29, 0.717) is 17.1 Å². The molecule has 0 radical (unpaired) electrons. The van der Waals surface area contributed by atoms with Crippen LogP contribution in [0.2, 0.25) is 0 Å². The van der Waals surface area contributed by atoms with E-state index in [1.165, 1.54) is 16.9 Å². The van der Waals surface area contributed by atoms with Crippen LogP contribution in [0.1, 0.15) is 30.0 Å². The first kappa shape index (κ1) is 21.7. The molecule has 2 N–H and O–H groups in total. The summed E-state index contributed by atoms with van der Waals surface area (Å²) in [6.45, 7) is 5.54. The predicted octanol–water partition coefficient (Wildman–Crippen LogP) is 4.22. The molecule has 1 fully saturated rings. The second kappa shape index (κ2) is 8.55. The fourth-order valence-electron chi connectivity index (χ4n) is 3.80. The highest BCUT2D eigenvalue weighted by Gasteiger charge is 2.51. The lowest BCUT2D eigenvalue weighted by Gasteiger charge is -2.25. The highest BCUT2D eigenvalue weighted by atomic mass is 32.1. The first-order valence-corrected chi connectivity index (χ1v) is 11.2. The van der Waals surface area contributed by atoms with Gasteiger partial charge in [-0.25, -0.2) is 9.78 Å². The molecule has 2 aromatic carbocycles. The molecule has 164 valence electrons. The Hall–Kier alpha value is -3.52. The zero-order valence-corrected chi connectivity index (χ0v) is 19.0. The summed E-state index contributed by atoms with van der Waals surface area (Å²) in [7, 11) is 0. The molecular weight excluding hydrogens is 424 g/mol. The number of aromatic nitrogens is 1. The average Bonchev–Trinajstić information content (AvgIpc) is 3.34. The molecule has 1 aliphatic rings. The lowest BCUT2D eigenvalue weighted by molar-refractivity contribution is -0.134. The number of aryl methyl sites for hydroxylation is 2. The summed E-state index contributed by atoms with van der Waals surface area (Å²) in [4.78, 5) is 43.8. The van der Waals surface area contributed by atoms with Crippen molar-refractivity contribution >= 4 is 34.3 Å². The van der Waals surface area contributed by atoms with E-state index in [1.54, 1.807) is 12.1 Å². The van der Waals surface area contributed by atoms with Crippen LogP contribution in [0, 0.1) is 13.8 Å².